The molecular formula is C21H32OS. The van der Waals surface area contributed by atoms with Crippen LogP contribution in [0.15, 0.2) is 24.3 Å². The topological polar surface area (TPSA) is 20.2 Å². The highest BCUT2D eigenvalue weighted by Gasteiger charge is 1.96. The number of aryl methyl sites for hydroxylation is 1. The van der Waals surface area contributed by atoms with Gasteiger partial charge in [0.15, 0.2) is 0 Å². The van der Waals surface area contributed by atoms with E-state index in [1.54, 1.807) is 0 Å². The molecular weight excluding hydrogens is 300 g/mol. The van der Waals surface area contributed by atoms with E-state index in [2.05, 4.69) is 18.1 Å². The van der Waals surface area contributed by atoms with Crippen LogP contribution in [0.3, 0.4) is 0 Å². The van der Waals surface area contributed by atoms with Gasteiger partial charge in [-0.1, -0.05) is 63.0 Å². The summed E-state index contributed by atoms with van der Waals surface area (Å²) in [6, 6.07) is 8.40. The molecule has 0 saturated carbocycles. The maximum Gasteiger partial charge on any atom is 0.0521 e. The SMILES string of the molecule is C#Cc1ccc(CCCCCCCCCCCSCCO)cc1. The molecule has 23 heavy (non-hydrogen) atoms. The fraction of sp³-hybridized carbons (Fsp3) is 0.619. The highest BCUT2D eigenvalue weighted by molar-refractivity contribution is 7.99. The lowest BCUT2D eigenvalue weighted by Gasteiger charge is -2.04. The number of terminal acetylenes is 1. The Balaban J connectivity index is 1.83. The van der Waals surface area contributed by atoms with Gasteiger partial charge in [-0.3, -0.25) is 0 Å². The number of aliphatic hydroxyl groups excluding tert-OH is 1. The normalized spacial score (nSPS) is 10.6. The van der Waals surface area contributed by atoms with E-state index in [4.69, 9.17) is 11.5 Å². The Morgan fingerprint density at radius 2 is 1.35 bits per heavy atom. The van der Waals surface area contributed by atoms with Gasteiger partial charge in [-0.15, -0.1) is 6.42 Å². The van der Waals surface area contributed by atoms with Crippen LogP contribution in [-0.4, -0.2) is 23.2 Å². The van der Waals surface area contributed by atoms with E-state index in [9.17, 15) is 0 Å². The Bertz CT molecular complexity index is 418. The summed E-state index contributed by atoms with van der Waals surface area (Å²) in [6.07, 6.45) is 18.7. The first kappa shape index (κ1) is 20.1. The molecule has 0 aliphatic rings. The summed E-state index contributed by atoms with van der Waals surface area (Å²) in [5.74, 6) is 4.77. The zero-order chi connectivity index (χ0) is 16.6. The molecule has 1 nitrogen and oxygen atoms in total. The van der Waals surface area contributed by atoms with Crippen molar-refractivity contribution < 1.29 is 5.11 Å². The van der Waals surface area contributed by atoms with Gasteiger partial charge in [0.1, 0.15) is 0 Å². The molecule has 1 N–H and O–H groups in total. The van der Waals surface area contributed by atoms with Gasteiger partial charge in [0.05, 0.1) is 6.61 Å². The molecule has 0 aliphatic heterocycles. The summed E-state index contributed by atoms with van der Waals surface area (Å²) in [4.78, 5) is 0. The monoisotopic (exact) mass is 332 g/mol. The number of aliphatic hydroxyl groups is 1. The zero-order valence-corrected chi connectivity index (χ0v) is 15.3. The van der Waals surface area contributed by atoms with Gasteiger partial charge in [0.25, 0.3) is 0 Å². The van der Waals surface area contributed by atoms with Crippen LogP contribution in [-0.2, 0) is 6.42 Å². The molecule has 0 aliphatic carbocycles. The molecule has 0 fully saturated rings. The third-order valence-corrected chi connectivity index (χ3v) is 5.16. The zero-order valence-electron chi connectivity index (χ0n) is 14.4. The smallest absolute Gasteiger partial charge is 0.0521 e. The van der Waals surface area contributed by atoms with Crippen molar-refractivity contribution in [2.24, 2.45) is 0 Å². The molecule has 0 saturated heterocycles. The largest absolute Gasteiger partial charge is 0.396 e. The molecule has 1 aromatic carbocycles. The van der Waals surface area contributed by atoms with Gasteiger partial charge in [0.2, 0.25) is 0 Å². The van der Waals surface area contributed by atoms with E-state index in [1.165, 1.54) is 75.5 Å². The second-order valence-corrected chi connectivity index (χ2v) is 7.33. The molecule has 1 aromatic rings. The minimum absolute atomic E-state index is 0.320. The van der Waals surface area contributed by atoms with E-state index >= 15 is 0 Å². The van der Waals surface area contributed by atoms with Crippen molar-refractivity contribution in [2.45, 2.75) is 64.2 Å². The number of hydrogen-bond acceptors (Lipinski definition) is 2. The lowest BCUT2D eigenvalue weighted by molar-refractivity contribution is 0.322. The van der Waals surface area contributed by atoms with Gasteiger partial charge < -0.3 is 5.11 Å². The van der Waals surface area contributed by atoms with Gasteiger partial charge >= 0.3 is 0 Å². The minimum Gasteiger partial charge on any atom is -0.396 e. The molecule has 0 unspecified atom stereocenters. The summed E-state index contributed by atoms with van der Waals surface area (Å²) in [5, 5.41) is 8.69. The third-order valence-electron chi connectivity index (χ3n) is 4.11. The van der Waals surface area contributed by atoms with E-state index in [0.717, 1.165) is 11.3 Å². The third kappa shape index (κ3) is 11.3. The molecule has 0 heterocycles. The average molecular weight is 333 g/mol. The van der Waals surface area contributed by atoms with Crippen molar-refractivity contribution in [3.63, 3.8) is 0 Å². The lowest BCUT2D eigenvalue weighted by Crippen LogP contribution is -1.89. The predicted molar refractivity (Wildman–Crippen MR) is 104 cm³/mol. The summed E-state index contributed by atoms with van der Waals surface area (Å²) in [7, 11) is 0. The number of thioether (sulfide) groups is 1. The van der Waals surface area contributed by atoms with E-state index in [-0.39, 0.29) is 0 Å². The summed E-state index contributed by atoms with van der Waals surface area (Å²) >= 11 is 1.87. The van der Waals surface area contributed by atoms with Crippen LogP contribution in [0.5, 0.6) is 0 Å². The molecule has 0 radical (unpaired) electrons. The van der Waals surface area contributed by atoms with Gasteiger partial charge in [-0.05, 0) is 42.7 Å². The Labute approximate surface area is 147 Å². The second kappa shape index (κ2) is 14.7. The highest BCUT2D eigenvalue weighted by Crippen LogP contribution is 2.13. The average Bonchev–Trinajstić information content (AvgIpc) is 2.59. The summed E-state index contributed by atoms with van der Waals surface area (Å²) in [6.45, 7) is 0.320. The van der Waals surface area contributed by atoms with Crippen LogP contribution in [0.1, 0.15) is 68.9 Å². The fourth-order valence-corrected chi connectivity index (χ4v) is 3.45. The summed E-state index contributed by atoms with van der Waals surface area (Å²) < 4.78 is 0. The summed E-state index contributed by atoms with van der Waals surface area (Å²) in [5.41, 5.74) is 2.38. The first-order chi connectivity index (χ1) is 11.4. The Morgan fingerprint density at radius 3 is 1.91 bits per heavy atom. The Hall–Kier alpha value is -0.910. The molecule has 0 atom stereocenters. The van der Waals surface area contributed by atoms with Crippen LogP contribution < -0.4 is 0 Å². The number of rotatable bonds is 14. The van der Waals surface area contributed by atoms with Crippen molar-refractivity contribution >= 4 is 11.8 Å². The lowest BCUT2D eigenvalue weighted by atomic mass is 10.0. The standard InChI is InChI=1S/C21H32OS/c1-2-20-13-15-21(16-14-20)12-10-8-6-4-3-5-7-9-11-18-23-19-17-22/h1,13-16,22H,3-12,17-19H2. The van der Waals surface area contributed by atoms with E-state index in [1.807, 2.05) is 23.9 Å². The van der Waals surface area contributed by atoms with Crippen LogP contribution in [0.25, 0.3) is 0 Å². The molecule has 0 spiro atoms. The Kier molecular flexibility index (Phi) is 12.8. The maximum absolute atomic E-state index is 8.69. The van der Waals surface area contributed by atoms with Gasteiger partial charge in [0, 0.05) is 11.3 Å². The molecule has 2 heteroatoms. The van der Waals surface area contributed by atoms with Gasteiger partial charge in [-0.25, -0.2) is 0 Å². The minimum atomic E-state index is 0.320. The van der Waals surface area contributed by atoms with Crippen molar-refractivity contribution in [1.29, 1.82) is 0 Å². The van der Waals surface area contributed by atoms with Crippen molar-refractivity contribution in [3.8, 4) is 12.3 Å². The van der Waals surface area contributed by atoms with Crippen LogP contribution >= 0.6 is 11.8 Å². The highest BCUT2D eigenvalue weighted by atomic mass is 32.2. The number of benzene rings is 1. The first-order valence-corrected chi connectivity index (χ1v) is 10.3. The van der Waals surface area contributed by atoms with Crippen molar-refractivity contribution in [2.75, 3.05) is 18.1 Å². The maximum atomic E-state index is 8.69. The van der Waals surface area contributed by atoms with Crippen LogP contribution in [0, 0.1) is 12.3 Å². The van der Waals surface area contributed by atoms with Gasteiger partial charge in [-0.2, -0.15) is 11.8 Å². The number of hydrogen-bond donors (Lipinski definition) is 1. The van der Waals surface area contributed by atoms with E-state index in [0.29, 0.717) is 6.61 Å². The number of unbranched alkanes of at least 4 members (excludes halogenated alkanes) is 8. The van der Waals surface area contributed by atoms with Crippen molar-refractivity contribution in [1.82, 2.24) is 0 Å². The molecule has 128 valence electrons. The van der Waals surface area contributed by atoms with Crippen LogP contribution in [0.2, 0.25) is 0 Å². The molecule has 0 aromatic heterocycles. The van der Waals surface area contributed by atoms with Crippen LogP contribution in [0.4, 0.5) is 0 Å². The molecule has 0 amide bonds. The van der Waals surface area contributed by atoms with E-state index < -0.39 is 0 Å². The quantitative estimate of drug-likeness (QED) is 0.361. The molecule has 0 bridgehead atoms. The van der Waals surface area contributed by atoms with Crippen molar-refractivity contribution in [3.05, 3.63) is 35.4 Å². The molecule has 1 rings (SSSR count). The first-order valence-electron chi connectivity index (χ1n) is 9.11. The fourth-order valence-electron chi connectivity index (χ4n) is 2.70. The Morgan fingerprint density at radius 1 is 0.783 bits per heavy atom. The predicted octanol–water partition coefficient (Wildman–Crippen LogP) is 5.45. The second-order valence-electron chi connectivity index (χ2n) is 6.11.